The molecule has 0 heterocycles. The third-order valence-corrected chi connectivity index (χ3v) is 3.75. The highest BCUT2D eigenvalue weighted by Gasteiger charge is 2.45. The van der Waals surface area contributed by atoms with Crippen LogP contribution in [0.25, 0.3) is 0 Å². The molecule has 2 rings (SSSR count). The van der Waals surface area contributed by atoms with Gasteiger partial charge in [-0.2, -0.15) is 0 Å². The molecule has 1 amide bonds. The highest BCUT2D eigenvalue weighted by molar-refractivity contribution is 5.85. The molecule has 1 aliphatic rings. The summed E-state index contributed by atoms with van der Waals surface area (Å²) in [5, 5.41) is 11.6. The molecule has 0 atom stereocenters. The van der Waals surface area contributed by atoms with E-state index in [0.717, 1.165) is 18.6 Å². The zero-order valence-electron chi connectivity index (χ0n) is 10.8. The van der Waals surface area contributed by atoms with Crippen molar-refractivity contribution in [1.82, 2.24) is 5.32 Å². The second-order valence-corrected chi connectivity index (χ2v) is 5.13. The van der Waals surface area contributed by atoms with Crippen LogP contribution in [0, 0.1) is 17.0 Å². The lowest BCUT2D eigenvalue weighted by Gasteiger charge is -2.36. The van der Waals surface area contributed by atoms with Gasteiger partial charge < -0.3 is 10.4 Å². The van der Waals surface area contributed by atoms with Crippen molar-refractivity contribution >= 4 is 11.9 Å². The molecule has 108 valence electrons. The Balaban J connectivity index is 1.91. The van der Waals surface area contributed by atoms with Gasteiger partial charge in [0.15, 0.2) is 0 Å². The average molecular weight is 283 g/mol. The zero-order valence-corrected chi connectivity index (χ0v) is 10.8. The fourth-order valence-electron chi connectivity index (χ4n) is 2.30. The van der Waals surface area contributed by atoms with Crippen LogP contribution in [-0.4, -0.2) is 17.0 Å². The minimum atomic E-state index is -0.967. The molecule has 1 fully saturated rings. The van der Waals surface area contributed by atoms with Gasteiger partial charge in [-0.3, -0.25) is 9.59 Å². The van der Waals surface area contributed by atoms with Gasteiger partial charge in [-0.25, -0.2) is 8.78 Å². The first-order chi connectivity index (χ1) is 9.43. The maximum atomic E-state index is 13.4. The van der Waals surface area contributed by atoms with Crippen molar-refractivity contribution < 1.29 is 23.5 Å². The number of hydrogen-bond acceptors (Lipinski definition) is 2. The number of carboxylic acids is 1. The molecule has 2 N–H and O–H groups in total. The zero-order chi connectivity index (χ0) is 14.8. The van der Waals surface area contributed by atoms with Gasteiger partial charge in [0.2, 0.25) is 5.91 Å². The lowest BCUT2D eigenvalue weighted by molar-refractivity contribution is -0.157. The molecule has 0 aromatic heterocycles. The van der Waals surface area contributed by atoms with Gasteiger partial charge in [0.1, 0.15) is 11.6 Å². The molecule has 0 saturated heterocycles. The highest BCUT2D eigenvalue weighted by atomic mass is 19.1. The third kappa shape index (κ3) is 2.95. The van der Waals surface area contributed by atoms with E-state index in [-0.39, 0.29) is 18.5 Å². The van der Waals surface area contributed by atoms with Crippen LogP contribution in [0.15, 0.2) is 18.2 Å². The monoisotopic (exact) mass is 283 g/mol. The van der Waals surface area contributed by atoms with E-state index in [4.69, 9.17) is 5.11 Å². The van der Waals surface area contributed by atoms with Gasteiger partial charge in [-0.05, 0) is 18.9 Å². The molecule has 0 unspecified atom stereocenters. The largest absolute Gasteiger partial charge is 0.481 e. The fraction of sp³-hybridized carbons (Fsp3) is 0.429. The Morgan fingerprint density at radius 3 is 2.50 bits per heavy atom. The van der Waals surface area contributed by atoms with Crippen LogP contribution in [0.2, 0.25) is 0 Å². The number of amides is 1. The number of hydrogen-bond donors (Lipinski definition) is 2. The van der Waals surface area contributed by atoms with Crippen molar-refractivity contribution in [3.63, 3.8) is 0 Å². The van der Waals surface area contributed by atoms with Crippen LogP contribution in [0.5, 0.6) is 0 Å². The van der Waals surface area contributed by atoms with Gasteiger partial charge in [-0.1, -0.05) is 12.5 Å². The summed E-state index contributed by atoms with van der Waals surface area (Å²) >= 11 is 0. The quantitative estimate of drug-likeness (QED) is 0.870. The smallest absolute Gasteiger partial charge is 0.310 e. The second kappa shape index (κ2) is 5.56. The molecular formula is C14H15F2NO3. The summed E-state index contributed by atoms with van der Waals surface area (Å²) in [6.45, 7) is -0.0827. The van der Waals surface area contributed by atoms with E-state index < -0.39 is 28.9 Å². The van der Waals surface area contributed by atoms with E-state index >= 15 is 0 Å². The standard InChI is InChI=1S/C14H15F2NO3/c15-10-3-2-9(11(16)6-10)8-17-12(18)7-14(13(19)20)4-1-5-14/h2-3,6H,1,4-5,7-8H2,(H,17,18)(H,19,20). The molecule has 1 aromatic carbocycles. The number of aliphatic carboxylic acids is 1. The predicted octanol–water partition coefficient (Wildman–Crippen LogP) is 2.23. The Morgan fingerprint density at radius 1 is 1.30 bits per heavy atom. The number of carboxylic acid groups (broad SMARTS) is 1. The first-order valence-electron chi connectivity index (χ1n) is 6.37. The van der Waals surface area contributed by atoms with E-state index in [1.165, 1.54) is 6.07 Å². The Bertz CT molecular complexity index is 541. The van der Waals surface area contributed by atoms with Gasteiger partial charge in [0.25, 0.3) is 0 Å². The second-order valence-electron chi connectivity index (χ2n) is 5.13. The van der Waals surface area contributed by atoms with E-state index in [0.29, 0.717) is 12.8 Å². The average Bonchev–Trinajstić information content (AvgIpc) is 2.32. The lowest BCUT2D eigenvalue weighted by Crippen LogP contribution is -2.42. The van der Waals surface area contributed by atoms with Crippen LogP contribution < -0.4 is 5.32 Å². The number of rotatable bonds is 5. The molecule has 4 nitrogen and oxygen atoms in total. The van der Waals surface area contributed by atoms with Crippen LogP contribution >= 0.6 is 0 Å². The van der Waals surface area contributed by atoms with Gasteiger partial charge in [0, 0.05) is 24.6 Å². The van der Waals surface area contributed by atoms with Crippen molar-refractivity contribution in [3.05, 3.63) is 35.4 Å². The Kier molecular flexibility index (Phi) is 4.01. The molecule has 6 heteroatoms. The van der Waals surface area contributed by atoms with E-state index in [9.17, 15) is 18.4 Å². The highest BCUT2D eigenvalue weighted by Crippen LogP contribution is 2.44. The van der Waals surface area contributed by atoms with Gasteiger partial charge >= 0.3 is 5.97 Å². The molecule has 20 heavy (non-hydrogen) atoms. The summed E-state index contributed by atoms with van der Waals surface area (Å²) in [4.78, 5) is 22.9. The van der Waals surface area contributed by atoms with Crippen molar-refractivity contribution in [1.29, 1.82) is 0 Å². The van der Waals surface area contributed by atoms with Crippen LogP contribution in [0.3, 0.4) is 0 Å². The number of carbonyl (C=O) groups is 2. The van der Waals surface area contributed by atoms with E-state index in [1.807, 2.05) is 0 Å². The van der Waals surface area contributed by atoms with Crippen LogP contribution in [-0.2, 0) is 16.1 Å². The molecule has 0 radical (unpaired) electrons. The summed E-state index contributed by atoms with van der Waals surface area (Å²) in [5.41, 5.74) is -0.802. The van der Waals surface area contributed by atoms with Crippen molar-refractivity contribution in [2.45, 2.75) is 32.2 Å². The lowest BCUT2D eigenvalue weighted by atomic mass is 9.66. The van der Waals surface area contributed by atoms with Crippen molar-refractivity contribution in [2.75, 3.05) is 0 Å². The maximum absolute atomic E-state index is 13.4. The molecule has 0 bridgehead atoms. The topological polar surface area (TPSA) is 66.4 Å². The summed E-state index contributed by atoms with van der Waals surface area (Å²) in [7, 11) is 0. The van der Waals surface area contributed by atoms with Gasteiger partial charge in [0.05, 0.1) is 5.41 Å². The first kappa shape index (κ1) is 14.4. The SMILES string of the molecule is O=C(CC1(C(=O)O)CCC1)NCc1ccc(F)cc1F. The third-order valence-electron chi connectivity index (χ3n) is 3.75. The van der Waals surface area contributed by atoms with E-state index in [1.54, 1.807) is 0 Å². The predicted molar refractivity (Wildman–Crippen MR) is 66.7 cm³/mol. The van der Waals surface area contributed by atoms with Crippen LogP contribution in [0.1, 0.15) is 31.2 Å². The molecule has 1 aromatic rings. The molecule has 1 aliphatic carbocycles. The summed E-state index contributed by atoms with van der Waals surface area (Å²) in [5.74, 6) is -2.82. The van der Waals surface area contributed by atoms with Gasteiger partial charge in [-0.15, -0.1) is 0 Å². The maximum Gasteiger partial charge on any atom is 0.310 e. The summed E-state index contributed by atoms with van der Waals surface area (Å²) < 4.78 is 26.1. The molecule has 1 saturated carbocycles. The molecule has 0 aliphatic heterocycles. The first-order valence-corrected chi connectivity index (χ1v) is 6.37. The summed E-state index contributed by atoms with van der Waals surface area (Å²) in [6, 6.07) is 3.10. The number of halogens is 2. The Hall–Kier alpha value is -1.98. The minimum Gasteiger partial charge on any atom is -0.481 e. The van der Waals surface area contributed by atoms with Crippen molar-refractivity contribution in [3.8, 4) is 0 Å². The molecular weight excluding hydrogens is 268 g/mol. The normalized spacial score (nSPS) is 16.3. The molecule has 0 spiro atoms. The summed E-state index contributed by atoms with van der Waals surface area (Å²) in [6.07, 6.45) is 1.67. The number of nitrogens with one attached hydrogen (secondary N) is 1. The minimum absolute atomic E-state index is 0.0827. The Labute approximate surface area is 114 Å². The fourth-order valence-corrected chi connectivity index (χ4v) is 2.30. The number of benzene rings is 1. The van der Waals surface area contributed by atoms with E-state index in [2.05, 4.69) is 5.32 Å². The Morgan fingerprint density at radius 2 is 2.00 bits per heavy atom. The van der Waals surface area contributed by atoms with Crippen LogP contribution in [0.4, 0.5) is 8.78 Å². The van der Waals surface area contributed by atoms with Crippen molar-refractivity contribution in [2.24, 2.45) is 5.41 Å². The number of carbonyl (C=O) groups excluding carboxylic acids is 1.